The number of nitrogens with zero attached hydrogens (tertiary/aromatic N) is 2. The number of amides is 2. The molecule has 2 atom stereocenters. The van der Waals surface area contributed by atoms with Gasteiger partial charge in [-0.05, 0) is 37.1 Å². The van der Waals surface area contributed by atoms with E-state index in [4.69, 9.17) is 32.9 Å². The molecule has 13 heteroatoms. The Kier molecular flexibility index (Phi) is 10.7. The van der Waals surface area contributed by atoms with Crippen LogP contribution in [0, 0.1) is 5.82 Å². The molecule has 4 aromatic rings. The van der Waals surface area contributed by atoms with Gasteiger partial charge in [0.25, 0.3) is 0 Å². The summed E-state index contributed by atoms with van der Waals surface area (Å²) >= 11 is 13.9. The molecule has 0 unspecified atom stereocenters. The molecule has 2 amide bonds. The van der Waals surface area contributed by atoms with Crippen molar-refractivity contribution in [3.05, 3.63) is 87.8 Å². The van der Waals surface area contributed by atoms with Crippen molar-refractivity contribution in [2.45, 2.75) is 50.9 Å². The second-order valence-corrected chi connectivity index (χ2v) is 12.6. The van der Waals surface area contributed by atoms with Gasteiger partial charge in [0.1, 0.15) is 0 Å². The van der Waals surface area contributed by atoms with Crippen LogP contribution in [0.25, 0.3) is 22.5 Å². The van der Waals surface area contributed by atoms with E-state index in [1.807, 2.05) is 12.1 Å². The van der Waals surface area contributed by atoms with E-state index in [0.29, 0.717) is 88.7 Å². The van der Waals surface area contributed by atoms with Crippen molar-refractivity contribution in [2.24, 2.45) is 0 Å². The van der Waals surface area contributed by atoms with Crippen LogP contribution in [0.3, 0.4) is 0 Å². The fourth-order valence-electron chi connectivity index (χ4n) is 5.95. The molecule has 10 nitrogen and oxygen atoms in total. The van der Waals surface area contributed by atoms with E-state index in [0.717, 1.165) is 18.4 Å². The van der Waals surface area contributed by atoms with E-state index < -0.39 is 5.82 Å². The Bertz CT molecular complexity index is 1830. The topological polar surface area (TPSA) is 129 Å². The number of rotatable bonds is 13. The van der Waals surface area contributed by atoms with Crippen LogP contribution >= 0.6 is 23.2 Å². The first-order chi connectivity index (χ1) is 23.3. The largest absolute Gasteiger partial charge is 0.481 e. The number of nitrogens with one attached hydrogen (secondary N) is 5. The molecule has 4 heterocycles. The van der Waals surface area contributed by atoms with E-state index >= 15 is 4.39 Å². The summed E-state index contributed by atoms with van der Waals surface area (Å²) < 4.78 is 21.1. The third-order valence-corrected chi connectivity index (χ3v) is 9.27. The molecular weight excluding hydrogens is 656 g/mol. The van der Waals surface area contributed by atoms with Crippen LogP contribution in [-0.4, -0.2) is 54.1 Å². The van der Waals surface area contributed by atoms with Crippen molar-refractivity contribution in [3.63, 3.8) is 0 Å². The molecule has 0 saturated carbocycles. The first-order valence-corrected chi connectivity index (χ1v) is 16.6. The number of ether oxygens (including phenoxy) is 1. The molecular formula is C35H36Cl2FN7O3. The van der Waals surface area contributed by atoms with Gasteiger partial charge < -0.3 is 31.3 Å². The molecule has 0 spiro atoms. The summed E-state index contributed by atoms with van der Waals surface area (Å²) in [4.78, 5) is 32.2. The average molecular weight is 693 g/mol. The molecule has 2 aromatic carbocycles. The molecule has 5 N–H and O–H groups in total. The number of halogens is 3. The Balaban J connectivity index is 1.17. The van der Waals surface area contributed by atoms with Crippen molar-refractivity contribution in [3.8, 4) is 28.4 Å². The Morgan fingerprint density at radius 2 is 1.50 bits per heavy atom. The molecule has 48 heavy (non-hydrogen) atoms. The van der Waals surface area contributed by atoms with Crippen LogP contribution in [0.2, 0.25) is 10.0 Å². The SMILES string of the molecule is COc1nc(-c2ccnc(-c3cccc(Nc4cccc(CNC[C@@H]5CCC(=O)N5)c4F)c3Cl)c2Cl)ccc1CNC[C@H]1CCC(=O)N1. The van der Waals surface area contributed by atoms with Crippen LogP contribution in [-0.2, 0) is 22.7 Å². The lowest BCUT2D eigenvalue weighted by Gasteiger charge is -2.16. The summed E-state index contributed by atoms with van der Waals surface area (Å²) in [6.45, 7) is 2.05. The number of benzene rings is 2. The number of anilines is 2. The van der Waals surface area contributed by atoms with Gasteiger partial charge >= 0.3 is 0 Å². The molecule has 0 radical (unpaired) electrons. The van der Waals surface area contributed by atoms with E-state index in [2.05, 4.69) is 31.6 Å². The molecule has 2 aromatic heterocycles. The predicted octanol–water partition coefficient (Wildman–Crippen LogP) is 5.75. The van der Waals surface area contributed by atoms with Gasteiger partial charge in [-0.1, -0.05) is 53.5 Å². The van der Waals surface area contributed by atoms with Crippen molar-refractivity contribution in [2.75, 3.05) is 25.5 Å². The number of carbonyl (C=O) groups excluding carboxylic acids is 2. The van der Waals surface area contributed by atoms with Gasteiger partial charge in [-0.25, -0.2) is 9.37 Å². The van der Waals surface area contributed by atoms with Crippen LogP contribution in [0.5, 0.6) is 5.88 Å². The number of hydrogen-bond donors (Lipinski definition) is 5. The van der Waals surface area contributed by atoms with Gasteiger partial charge in [0.05, 0.1) is 39.9 Å². The summed E-state index contributed by atoms with van der Waals surface area (Å²) in [5, 5.41) is 16.3. The van der Waals surface area contributed by atoms with Crippen LogP contribution < -0.4 is 31.3 Å². The number of methoxy groups -OCH3 is 1. The first-order valence-electron chi connectivity index (χ1n) is 15.8. The smallest absolute Gasteiger partial charge is 0.220 e. The zero-order valence-corrected chi connectivity index (χ0v) is 27.8. The lowest BCUT2D eigenvalue weighted by molar-refractivity contribution is -0.120. The highest BCUT2D eigenvalue weighted by molar-refractivity contribution is 6.39. The zero-order chi connectivity index (χ0) is 33.6. The van der Waals surface area contributed by atoms with Crippen LogP contribution in [0.4, 0.5) is 15.8 Å². The Hall–Kier alpha value is -4.29. The Morgan fingerprint density at radius 3 is 2.17 bits per heavy atom. The zero-order valence-electron chi connectivity index (χ0n) is 26.3. The standard InChI is InChI=1S/C35H36Cl2FN7O3/c1-48-35-21(17-40-19-23-10-13-30(47)43-23)8-11-26(45-35)24-14-15-41-34(32(24)37)25-5-3-6-27(31(25)36)44-28-7-2-4-20(33(28)38)16-39-18-22-9-12-29(46)42-22/h2-8,11,14-15,22-23,39-40,44H,9-10,12-13,16-19H2,1H3,(H,42,46)(H,43,47)/t22-,23+/m0/s1. The van der Waals surface area contributed by atoms with E-state index in [-0.39, 0.29) is 29.6 Å². The lowest BCUT2D eigenvalue weighted by atomic mass is 10.0. The molecule has 2 aliphatic rings. The molecule has 2 aliphatic heterocycles. The summed E-state index contributed by atoms with van der Waals surface area (Å²) in [6.07, 6.45) is 4.30. The third kappa shape index (κ3) is 7.71. The summed E-state index contributed by atoms with van der Waals surface area (Å²) in [5.74, 6) is 0.188. The van der Waals surface area contributed by atoms with E-state index in [1.54, 1.807) is 55.8 Å². The van der Waals surface area contributed by atoms with Crippen molar-refractivity contribution in [1.29, 1.82) is 0 Å². The maximum Gasteiger partial charge on any atom is 0.220 e. The summed E-state index contributed by atoms with van der Waals surface area (Å²) in [7, 11) is 1.57. The van der Waals surface area contributed by atoms with Crippen LogP contribution in [0.1, 0.15) is 36.8 Å². The normalized spacial score (nSPS) is 17.3. The number of carbonyl (C=O) groups is 2. The summed E-state index contributed by atoms with van der Waals surface area (Å²) in [5.41, 5.74) is 4.38. The van der Waals surface area contributed by atoms with Gasteiger partial charge in [0, 0.05) is 79.6 Å². The van der Waals surface area contributed by atoms with Gasteiger partial charge in [-0.15, -0.1) is 0 Å². The maximum absolute atomic E-state index is 15.5. The molecule has 2 fully saturated rings. The Labute approximate surface area is 288 Å². The lowest BCUT2D eigenvalue weighted by Crippen LogP contribution is -2.35. The highest BCUT2D eigenvalue weighted by Gasteiger charge is 2.22. The van der Waals surface area contributed by atoms with Gasteiger partial charge in [-0.3, -0.25) is 14.6 Å². The minimum Gasteiger partial charge on any atom is -0.481 e. The van der Waals surface area contributed by atoms with E-state index in [1.165, 1.54) is 0 Å². The average Bonchev–Trinajstić information content (AvgIpc) is 3.70. The predicted molar refractivity (Wildman–Crippen MR) is 185 cm³/mol. The minimum absolute atomic E-state index is 0.0464. The highest BCUT2D eigenvalue weighted by atomic mass is 35.5. The molecule has 6 rings (SSSR count). The summed E-state index contributed by atoms with van der Waals surface area (Å²) in [6, 6.07) is 16.3. The van der Waals surface area contributed by atoms with E-state index in [9.17, 15) is 9.59 Å². The third-order valence-electron chi connectivity index (χ3n) is 8.48. The van der Waals surface area contributed by atoms with Gasteiger partial charge in [0.15, 0.2) is 5.82 Å². The first kappa shape index (κ1) is 33.6. The quantitative estimate of drug-likeness (QED) is 0.120. The minimum atomic E-state index is -0.399. The number of aromatic nitrogens is 2. The second kappa shape index (κ2) is 15.3. The fraction of sp³-hybridized carbons (Fsp3) is 0.314. The van der Waals surface area contributed by atoms with Crippen LogP contribution in [0.15, 0.2) is 60.8 Å². The fourth-order valence-corrected chi connectivity index (χ4v) is 6.53. The highest BCUT2D eigenvalue weighted by Crippen LogP contribution is 2.41. The Morgan fingerprint density at radius 1 is 0.833 bits per heavy atom. The molecule has 2 saturated heterocycles. The molecule has 0 aliphatic carbocycles. The number of pyridine rings is 2. The second-order valence-electron chi connectivity index (χ2n) is 11.8. The molecule has 0 bridgehead atoms. The van der Waals surface area contributed by atoms with Crippen molar-refractivity contribution < 1.29 is 18.7 Å². The van der Waals surface area contributed by atoms with Gasteiger partial charge in [0.2, 0.25) is 17.7 Å². The monoisotopic (exact) mass is 691 g/mol. The maximum atomic E-state index is 15.5. The molecule has 250 valence electrons. The van der Waals surface area contributed by atoms with Gasteiger partial charge in [-0.2, -0.15) is 0 Å². The van der Waals surface area contributed by atoms with Crippen molar-refractivity contribution >= 4 is 46.4 Å². The van der Waals surface area contributed by atoms with Crippen molar-refractivity contribution in [1.82, 2.24) is 31.2 Å². The number of hydrogen-bond acceptors (Lipinski definition) is 8.